The van der Waals surface area contributed by atoms with Gasteiger partial charge in [0.25, 0.3) is 5.91 Å². The van der Waals surface area contributed by atoms with Crippen LogP contribution in [0.3, 0.4) is 0 Å². The van der Waals surface area contributed by atoms with Gasteiger partial charge in [0.2, 0.25) is 0 Å². The standard InChI is InChI=1S/C12H18N4O3/c13-11-10(14-7-8-15-11)12(19)16-6-4-2-1-3-5-9(17)18/h7-8H,1-6H2,(H2,13,15)(H,16,19)(H,17,18). The molecule has 104 valence electrons. The quantitative estimate of drug-likeness (QED) is 0.599. The van der Waals surface area contributed by atoms with Crippen molar-refractivity contribution in [3.8, 4) is 0 Å². The highest BCUT2D eigenvalue weighted by Crippen LogP contribution is 2.04. The Labute approximate surface area is 111 Å². The zero-order valence-corrected chi connectivity index (χ0v) is 10.6. The molecule has 0 saturated carbocycles. The molecule has 0 bridgehead atoms. The maximum atomic E-state index is 11.7. The molecule has 0 saturated heterocycles. The van der Waals surface area contributed by atoms with Crippen LogP contribution in [0.2, 0.25) is 0 Å². The monoisotopic (exact) mass is 266 g/mol. The van der Waals surface area contributed by atoms with Crippen molar-refractivity contribution in [2.24, 2.45) is 0 Å². The Morgan fingerprint density at radius 3 is 2.53 bits per heavy atom. The summed E-state index contributed by atoms with van der Waals surface area (Å²) in [5, 5.41) is 11.2. The van der Waals surface area contributed by atoms with Crippen LogP contribution in [-0.2, 0) is 4.79 Å². The molecule has 4 N–H and O–H groups in total. The Morgan fingerprint density at radius 2 is 1.84 bits per heavy atom. The zero-order chi connectivity index (χ0) is 14.1. The number of nitrogens with two attached hydrogens (primary N) is 1. The van der Waals surface area contributed by atoms with E-state index in [-0.39, 0.29) is 23.8 Å². The first-order chi connectivity index (χ1) is 9.11. The number of carboxylic acid groups (broad SMARTS) is 1. The van der Waals surface area contributed by atoms with Gasteiger partial charge < -0.3 is 16.2 Å². The largest absolute Gasteiger partial charge is 0.481 e. The normalized spacial score (nSPS) is 10.1. The molecule has 0 radical (unpaired) electrons. The first-order valence-corrected chi connectivity index (χ1v) is 6.17. The number of rotatable bonds is 8. The summed E-state index contributed by atoms with van der Waals surface area (Å²) in [4.78, 5) is 29.6. The van der Waals surface area contributed by atoms with E-state index in [1.165, 1.54) is 12.4 Å². The summed E-state index contributed by atoms with van der Waals surface area (Å²) in [5.41, 5.74) is 5.66. The van der Waals surface area contributed by atoms with Gasteiger partial charge >= 0.3 is 5.97 Å². The number of nitrogens with one attached hydrogen (secondary N) is 1. The lowest BCUT2D eigenvalue weighted by molar-refractivity contribution is -0.137. The molecule has 0 spiro atoms. The molecule has 0 fully saturated rings. The minimum absolute atomic E-state index is 0.112. The van der Waals surface area contributed by atoms with E-state index in [2.05, 4.69) is 15.3 Å². The maximum absolute atomic E-state index is 11.7. The molecule has 0 aromatic carbocycles. The fraction of sp³-hybridized carbons (Fsp3) is 0.500. The molecular weight excluding hydrogens is 248 g/mol. The molecule has 1 aromatic heterocycles. The van der Waals surface area contributed by atoms with Crippen LogP contribution in [0.25, 0.3) is 0 Å². The van der Waals surface area contributed by atoms with E-state index in [0.29, 0.717) is 13.0 Å². The second-order valence-electron chi connectivity index (χ2n) is 4.10. The van der Waals surface area contributed by atoms with Gasteiger partial charge in [0.05, 0.1) is 0 Å². The molecule has 7 nitrogen and oxygen atoms in total. The predicted molar refractivity (Wildman–Crippen MR) is 69.5 cm³/mol. The molecule has 0 aliphatic rings. The van der Waals surface area contributed by atoms with Gasteiger partial charge in [0.15, 0.2) is 11.5 Å². The summed E-state index contributed by atoms with van der Waals surface area (Å²) in [6, 6.07) is 0. The van der Waals surface area contributed by atoms with Gasteiger partial charge in [-0.25, -0.2) is 9.97 Å². The van der Waals surface area contributed by atoms with E-state index >= 15 is 0 Å². The van der Waals surface area contributed by atoms with Crippen molar-refractivity contribution in [1.29, 1.82) is 0 Å². The van der Waals surface area contributed by atoms with Gasteiger partial charge in [-0.05, 0) is 12.8 Å². The number of amides is 1. The summed E-state index contributed by atoms with van der Waals surface area (Å²) in [6.07, 6.45) is 6.22. The highest BCUT2D eigenvalue weighted by atomic mass is 16.4. The first-order valence-electron chi connectivity index (χ1n) is 6.17. The van der Waals surface area contributed by atoms with Crippen LogP contribution in [-0.4, -0.2) is 33.5 Å². The fourth-order valence-corrected chi connectivity index (χ4v) is 1.56. The second kappa shape index (κ2) is 8.02. The minimum atomic E-state index is -0.772. The van der Waals surface area contributed by atoms with E-state index in [0.717, 1.165) is 19.3 Å². The lowest BCUT2D eigenvalue weighted by Crippen LogP contribution is -2.26. The average Bonchev–Trinajstić information content (AvgIpc) is 2.37. The lowest BCUT2D eigenvalue weighted by Gasteiger charge is -2.05. The van der Waals surface area contributed by atoms with Gasteiger partial charge in [-0.3, -0.25) is 9.59 Å². The van der Waals surface area contributed by atoms with Crippen molar-refractivity contribution in [3.05, 3.63) is 18.1 Å². The molecule has 0 aliphatic carbocycles. The number of aromatic nitrogens is 2. The van der Waals surface area contributed by atoms with Crippen LogP contribution in [0.1, 0.15) is 42.6 Å². The van der Waals surface area contributed by atoms with Crippen LogP contribution in [0.5, 0.6) is 0 Å². The third-order valence-corrected chi connectivity index (χ3v) is 2.54. The van der Waals surface area contributed by atoms with E-state index in [1.54, 1.807) is 0 Å². The number of carbonyl (C=O) groups is 2. The number of nitrogens with zero attached hydrogens (tertiary/aromatic N) is 2. The highest BCUT2D eigenvalue weighted by Gasteiger charge is 2.10. The zero-order valence-electron chi connectivity index (χ0n) is 10.6. The summed E-state index contributed by atoms with van der Waals surface area (Å²) in [7, 11) is 0. The summed E-state index contributed by atoms with van der Waals surface area (Å²) >= 11 is 0. The van der Waals surface area contributed by atoms with Gasteiger partial charge in [-0.15, -0.1) is 0 Å². The molecule has 1 aromatic rings. The molecule has 7 heteroatoms. The molecule has 1 amide bonds. The number of aliphatic carboxylic acids is 1. The summed E-state index contributed by atoms with van der Waals surface area (Å²) in [5.74, 6) is -0.996. The summed E-state index contributed by atoms with van der Waals surface area (Å²) < 4.78 is 0. The van der Waals surface area contributed by atoms with Gasteiger partial charge in [-0.1, -0.05) is 12.8 Å². The van der Waals surface area contributed by atoms with Crippen LogP contribution < -0.4 is 11.1 Å². The number of carbonyl (C=O) groups excluding carboxylic acids is 1. The smallest absolute Gasteiger partial charge is 0.303 e. The molecule has 0 atom stereocenters. The Morgan fingerprint density at radius 1 is 1.16 bits per heavy atom. The number of anilines is 1. The van der Waals surface area contributed by atoms with Crippen LogP contribution in [0, 0.1) is 0 Å². The molecule has 1 rings (SSSR count). The third kappa shape index (κ3) is 5.80. The van der Waals surface area contributed by atoms with Crippen molar-refractivity contribution in [3.63, 3.8) is 0 Å². The van der Waals surface area contributed by atoms with Crippen molar-refractivity contribution in [1.82, 2.24) is 15.3 Å². The van der Waals surface area contributed by atoms with Crippen molar-refractivity contribution < 1.29 is 14.7 Å². The van der Waals surface area contributed by atoms with E-state index in [1.807, 2.05) is 0 Å². The van der Waals surface area contributed by atoms with Crippen molar-refractivity contribution in [2.45, 2.75) is 32.1 Å². The van der Waals surface area contributed by atoms with Crippen molar-refractivity contribution in [2.75, 3.05) is 12.3 Å². The number of hydrogen-bond donors (Lipinski definition) is 3. The minimum Gasteiger partial charge on any atom is -0.481 e. The van der Waals surface area contributed by atoms with Crippen LogP contribution in [0.15, 0.2) is 12.4 Å². The number of carboxylic acids is 1. The topological polar surface area (TPSA) is 118 Å². The Kier molecular flexibility index (Phi) is 6.28. The number of hydrogen-bond acceptors (Lipinski definition) is 5. The second-order valence-corrected chi connectivity index (χ2v) is 4.10. The predicted octanol–water partition coefficient (Wildman–Crippen LogP) is 0.824. The Bertz CT molecular complexity index is 437. The molecule has 0 aliphatic heterocycles. The van der Waals surface area contributed by atoms with Crippen LogP contribution >= 0.6 is 0 Å². The SMILES string of the molecule is Nc1nccnc1C(=O)NCCCCCCC(=O)O. The summed E-state index contributed by atoms with van der Waals surface area (Å²) in [6.45, 7) is 0.516. The van der Waals surface area contributed by atoms with Gasteiger partial charge in [0.1, 0.15) is 0 Å². The third-order valence-electron chi connectivity index (χ3n) is 2.54. The highest BCUT2D eigenvalue weighted by molar-refractivity contribution is 5.96. The molecule has 19 heavy (non-hydrogen) atoms. The lowest BCUT2D eigenvalue weighted by atomic mass is 10.1. The Hall–Kier alpha value is -2.18. The maximum Gasteiger partial charge on any atom is 0.303 e. The number of unbranched alkanes of at least 4 members (excludes halogenated alkanes) is 3. The Balaban J connectivity index is 2.15. The van der Waals surface area contributed by atoms with E-state index in [4.69, 9.17) is 10.8 Å². The first kappa shape index (κ1) is 14.9. The molecule has 1 heterocycles. The van der Waals surface area contributed by atoms with Crippen molar-refractivity contribution >= 4 is 17.7 Å². The van der Waals surface area contributed by atoms with E-state index < -0.39 is 5.97 Å². The number of nitrogen functional groups attached to an aromatic ring is 1. The van der Waals surface area contributed by atoms with Gasteiger partial charge in [-0.2, -0.15) is 0 Å². The average molecular weight is 266 g/mol. The van der Waals surface area contributed by atoms with Gasteiger partial charge in [0, 0.05) is 25.4 Å². The molecule has 0 unspecified atom stereocenters. The molecular formula is C12H18N4O3. The van der Waals surface area contributed by atoms with Crippen LogP contribution in [0.4, 0.5) is 5.82 Å². The van der Waals surface area contributed by atoms with E-state index in [9.17, 15) is 9.59 Å². The fourth-order valence-electron chi connectivity index (χ4n) is 1.56.